The van der Waals surface area contributed by atoms with Crippen molar-refractivity contribution in [2.45, 2.75) is 32.4 Å². The van der Waals surface area contributed by atoms with Gasteiger partial charge in [-0.2, -0.15) is 5.10 Å². The summed E-state index contributed by atoms with van der Waals surface area (Å²) in [5.74, 6) is -0.0459. The smallest absolute Gasteiger partial charge is 0.197 e. The van der Waals surface area contributed by atoms with Gasteiger partial charge in [0, 0.05) is 26.5 Å². The molecule has 0 aliphatic rings. The molecule has 1 aromatic heterocycles. The first-order valence-electron chi connectivity index (χ1n) is 5.51. The maximum absolute atomic E-state index is 12.0. The number of ether oxygens (including phenoxy) is 1. The topological polar surface area (TPSA) is 70.1 Å². The van der Waals surface area contributed by atoms with Gasteiger partial charge in [0.25, 0.3) is 0 Å². The predicted octanol–water partition coefficient (Wildman–Crippen LogP) is 0.840. The van der Waals surface area contributed by atoms with Crippen LogP contribution >= 0.6 is 0 Å². The van der Waals surface area contributed by atoms with E-state index in [0.717, 1.165) is 6.42 Å². The summed E-state index contributed by atoms with van der Waals surface area (Å²) in [6, 6.07) is 1.25. The number of hydrogen-bond donors (Lipinski definition) is 1. The lowest BCUT2D eigenvalue weighted by Crippen LogP contribution is -2.32. The highest BCUT2D eigenvalue weighted by molar-refractivity contribution is 5.98. The Bertz CT molecular complexity index is 336. The number of Topliss-reactive ketones (excluding diaryl/α,β-unsaturated/α-hetero) is 1. The van der Waals surface area contributed by atoms with E-state index in [9.17, 15) is 4.79 Å². The average molecular weight is 225 g/mol. The van der Waals surface area contributed by atoms with Crippen LogP contribution in [0.2, 0.25) is 0 Å². The molecule has 1 heterocycles. The fraction of sp³-hybridized carbons (Fsp3) is 0.636. The standard InChI is InChI=1S/C11H19N3O2/c1-3-14-10(6-7-13-14)11(15)9(12)5-4-8-16-2/h6-7,9H,3-5,8,12H2,1-2H3. The second-order valence-electron chi connectivity index (χ2n) is 3.64. The number of carbonyl (C=O) groups is 1. The van der Waals surface area contributed by atoms with Crippen molar-refractivity contribution in [3.8, 4) is 0 Å². The van der Waals surface area contributed by atoms with Crippen molar-refractivity contribution in [3.05, 3.63) is 18.0 Å². The summed E-state index contributed by atoms with van der Waals surface area (Å²) in [6.45, 7) is 3.26. The minimum Gasteiger partial charge on any atom is -0.385 e. The van der Waals surface area contributed by atoms with Crippen LogP contribution < -0.4 is 5.73 Å². The summed E-state index contributed by atoms with van der Waals surface area (Å²) >= 11 is 0. The highest BCUT2D eigenvalue weighted by Crippen LogP contribution is 2.06. The molecule has 0 radical (unpaired) electrons. The van der Waals surface area contributed by atoms with Crippen LogP contribution in [0.15, 0.2) is 12.3 Å². The zero-order chi connectivity index (χ0) is 12.0. The molecule has 0 spiro atoms. The molecule has 1 rings (SSSR count). The Morgan fingerprint density at radius 3 is 3.06 bits per heavy atom. The van der Waals surface area contributed by atoms with Crippen LogP contribution in [0, 0.1) is 0 Å². The first-order chi connectivity index (χ1) is 7.70. The van der Waals surface area contributed by atoms with Crippen molar-refractivity contribution in [2.24, 2.45) is 5.73 Å². The first kappa shape index (κ1) is 12.9. The van der Waals surface area contributed by atoms with Crippen LogP contribution in [0.25, 0.3) is 0 Å². The Labute approximate surface area is 95.6 Å². The van der Waals surface area contributed by atoms with Gasteiger partial charge in [0.05, 0.1) is 6.04 Å². The first-order valence-corrected chi connectivity index (χ1v) is 5.51. The average Bonchev–Trinajstić information content (AvgIpc) is 2.76. The van der Waals surface area contributed by atoms with Gasteiger partial charge >= 0.3 is 0 Å². The van der Waals surface area contributed by atoms with Gasteiger partial charge in [-0.25, -0.2) is 0 Å². The molecule has 90 valence electrons. The number of hydrogen-bond acceptors (Lipinski definition) is 4. The molecule has 5 heteroatoms. The Morgan fingerprint density at radius 1 is 1.69 bits per heavy atom. The molecule has 0 aliphatic carbocycles. The van der Waals surface area contributed by atoms with E-state index in [1.54, 1.807) is 24.1 Å². The van der Waals surface area contributed by atoms with Gasteiger partial charge in [-0.05, 0) is 25.8 Å². The number of methoxy groups -OCH3 is 1. The van der Waals surface area contributed by atoms with Gasteiger partial charge in [-0.3, -0.25) is 9.48 Å². The molecule has 0 saturated heterocycles. The summed E-state index contributed by atoms with van der Waals surface area (Å²) in [6.07, 6.45) is 3.06. The minimum absolute atomic E-state index is 0.0459. The lowest BCUT2D eigenvalue weighted by Gasteiger charge is -2.10. The Morgan fingerprint density at radius 2 is 2.44 bits per heavy atom. The predicted molar refractivity (Wildman–Crippen MR) is 61.3 cm³/mol. The second-order valence-corrected chi connectivity index (χ2v) is 3.64. The van der Waals surface area contributed by atoms with Gasteiger partial charge in [0.1, 0.15) is 5.69 Å². The summed E-state index contributed by atoms with van der Waals surface area (Å²) in [5, 5.41) is 4.05. The molecule has 0 saturated carbocycles. The fourth-order valence-corrected chi connectivity index (χ4v) is 1.56. The van der Waals surface area contributed by atoms with E-state index < -0.39 is 6.04 Å². The van der Waals surface area contributed by atoms with Crippen molar-refractivity contribution >= 4 is 5.78 Å². The minimum atomic E-state index is -0.461. The molecule has 0 fully saturated rings. The molecule has 1 unspecified atom stereocenters. The molecular formula is C11H19N3O2. The van der Waals surface area contributed by atoms with E-state index in [-0.39, 0.29) is 5.78 Å². The normalized spacial score (nSPS) is 12.7. The van der Waals surface area contributed by atoms with E-state index in [0.29, 0.717) is 25.3 Å². The monoisotopic (exact) mass is 225 g/mol. The van der Waals surface area contributed by atoms with Crippen molar-refractivity contribution < 1.29 is 9.53 Å². The summed E-state index contributed by atoms with van der Waals surface area (Å²) in [5.41, 5.74) is 6.42. The highest BCUT2D eigenvalue weighted by Gasteiger charge is 2.18. The molecule has 0 amide bonds. The molecule has 0 bridgehead atoms. The van der Waals surface area contributed by atoms with E-state index in [1.165, 1.54) is 0 Å². The van der Waals surface area contributed by atoms with Crippen molar-refractivity contribution in [1.29, 1.82) is 0 Å². The molecule has 0 aliphatic heterocycles. The summed E-state index contributed by atoms with van der Waals surface area (Å²) < 4.78 is 6.59. The van der Waals surface area contributed by atoms with E-state index in [2.05, 4.69) is 5.10 Å². The summed E-state index contributed by atoms with van der Waals surface area (Å²) in [7, 11) is 1.64. The molecular weight excluding hydrogens is 206 g/mol. The number of aryl methyl sites for hydroxylation is 1. The SMILES string of the molecule is CCn1nccc1C(=O)C(N)CCCOC. The summed E-state index contributed by atoms with van der Waals surface area (Å²) in [4.78, 5) is 12.0. The maximum atomic E-state index is 12.0. The molecule has 1 aromatic rings. The van der Waals surface area contributed by atoms with E-state index in [1.807, 2.05) is 6.92 Å². The quantitative estimate of drug-likeness (QED) is 0.551. The maximum Gasteiger partial charge on any atom is 0.197 e. The Hall–Kier alpha value is -1.20. The number of ketones is 1. The van der Waals surface area contributed by atoms with Crippen molar-refractivity contribution in [3.63, 3.8) is 0 Å². The number of nitrogens with zero attached hydrogens (tertiary/aromatic N) is 2. The second kappa shape index (κ2) is 6.40. The number of aromatic nitrogens is 2. The lowest BCUT2D eigenvalue weighted by atomic mass is 10.1. The van der Waals surface area contributed by atoms with Crippen LogP contribution in [0.1, 0.15) is 30.3 Å². The van der Waals surface area contributed by atoms with Crippen LogP contribution in [0.3, 0.4) is 0 Å². The van der Waals surface area contributed by atoms with E-state index in [4.69, 9.17) is 10.5 Å². The van der Waals surface area contributed by atoms with Gasteiger partial charge in [-0.15, -0.1) is 0 Å². The zero-order valence-electron chi connectivity index (χ0n) is 9.85. The van der Waals surface area contributed by atoms with Crippen LogP contribution in [-0.4, -0.2) is 35.3 Å². The lowest BCUT2D eigenvalue weighted by molar-refractivity contribution is 0.0940. The highest BCUT2D eigenvalue weighted by atomic mass is 16.5. The van der Waals surface area contributed by atoms with Crippen LogP contribution in [0.5, 0.6) is 0 Å². The van der Waals surface area contributed by atoms with Crippen LogP contribution in [0.4, 0.5) is 0 Å². The number of rotatable bonds is 7. The van der Waals surface area contributed by atoms with Gasteiger partial charge < -0.3 is 10.5 Å². The third kappa shape index (κ3) is 3.15. The number of carbonyl (C=O) groups excluding carboxylic acids is 1. The van der Waals surface area contributed by atoms with Gasteiger partial charge in [0.2, 0.25) is 0 Å². The van der Waals surface area contributed by atoms with Crippen molar-refractivity contribution in [1.82, 2.24) is 9.78 Å². The Balaban J connectivity index is 2.56. The molecule has 16 heavy (non-hydrogen) atoms. The fourth-order valence-electron chi connectivity index (χ4n) is 1.56. The number of nitrogens with two attached hydrogens (primary N) is 1. The third-order valence-corrected chi connectivity index (χ3v) is 2.47. The van der Waals surface area contributed by atoms with Crippen LogP contribution in [-0.2, 0) is 11.3 Å². The van der Waals surface area contributed by atoms with Gasteiger partial charge in [-0.1, -0.05) is 0 Å². The third-order valence-electron chi connectivity index (χ3n) is 2.47. The molecule has 0 aromatic carbocycles. The zero-order valence-corrected chi connectivity index (χ0v) is 9.85. The molecule has 5 nitrogen and oxygen atoms in total. The molecule has 2 N–H and O–H groups in total. The van der Waals surface area contributed by atoms with Gasteiger partial charge in [0.15, 0.2) is 5.78 Å². The Kier molecular flexibility index (Phi) is 5.14. The van der Waals surface area contributed by atoms with Crippen molar-refractivity contribution in [2.75, 3.05) is 13.7 Å². The molecule has 1 atom stereocenters. The van der Waals surface area contributed by atoms with E-state index >= 15 is 0 Å². The largest absolute Gasteiger partial charge is 0.385 e.